The van der Waals surface area contributed by atoms with Gasteiger partial charge in [-0.2, -0.15) is 4.98 Å². The minimum absolute atomic E-state index is 0.124. The zero-order chi connectivity index (χ0) is 19.8. The zero-order valence-corrected chi connectivity index (χ0v) is 17.4. The molecule has 1 amide bonds. The van der Waals surface area contributed by atoms with Gasteiger partial charge in [-0.1, -0.05) is 35.5 Å². The number of aromatic nitrogens is 2. The number of nitrogens with zero attached hydrogens (tertiary/aromatic N) is 4. The SMILES string of the molecule is Cc1nc(CSCC(=O)N(Cc2ccccc2)C(C)CN2CCOCC2)no1. The van der Waals surface area contributed by atoms with Crippen LogP contribution in [-0.4, -0.2) is 70.5 Å². The van der Waals surface area contributed by atoms with Gasteiger partial charge in [0.25, 0.3) is 0 Å². The number of rotatable bonds is 9. The summed E-state index contributed by atoms with van der Waals surface area (Å²) in [6.07, 6.45) is 0. The molecule has 0 spiro atoms. The average Bonchev–Trinajstić information content (AvgIpc) is 3.12. The predicted octanol–water partition coefficient (Wildman–Crippen LogP) is 2.36. The number of carbonyl (C=O) groups is 1. The maximum absolute atomic E-state index is 13.0. The van der Waals surface area contributed by atoms with Crippen molar-refractivity contribution in [1.29, 1.82) is 0 Å². The lowest BCUT2D eigenvalue weighted by molar-refractivity contribution is -0.131. The summed E-state index contributed by atoms with van der Waals surface area (Å²) in [6.45, 7) is 8.74. The molecule has 1 atom stereocenters. The molecule has 0 saturated carbocycles. The third-order valence-corrected chi connectivity index (χ3v) is 5.61. The fraction of sp³-hybridized carbons (Fsp3) is 0.550. The van der Waals surface area contributed by atoms with Crippen molar-refractivity contribution in [2.75, 3.05) is 38.6 Å². The Hall–Kier alpha value is -1.90. The lowest BCUT2D eigenvalue weighted by Gasteiger charge is -2.35. The molecule has 1 aliphatic heterocycles. The quantitative estimate of drug-likeness (QED) is 0.635. The molecule has 8 heteroatoms. The third-order valence-electron chi connectivity index (χ3n) is 4.70. The minimum atomic E-state index is 0.124. The molecule has 3 rings (SSSR count). The lowest BCUT2D eigenvalue weighted by Crippen LogP contribution is -2.48. The Morgan fingerprint density at radius 3 is 2.71 bits per heavy atom. The van der Waals surface area contributed by atoms with Crippen molar-refractivity contribution >= 4 is 17.7 Å². The largest absolute Gasteiger partial charge is 0.379 e. The molecule has 1 aliphatic rings. The van der Waals surface area contributed by atoms with E-state index in [2.05, 4.69) is 34.1 Å². The molecule has 1 unspecified atom stereocenters. The topological polar surface area (TPSA) is 71.7 Å². The molecule has 0 radical (unpaired) electrons. The second-order valence-corrected chi connectivity index (χ2v) is 7.98. The molecule has 1 saturated heterocycles. The van der Waals surface area contributed by atoms with Gasteiger partial charge in [-0.05, 0) is 12.5 Å². The van der Waals surface area contributed by atoms with Gasteiger partial charge in [0, 0.05) is 39.1 Å². The smallest absolute Gasteiger partial charge is 0.233 e. The van der Waals surface area contributed by atoms with Crippen LogP contribution in [0.1, 0.15) is 24.2 Å². The first-order valence-corrected chi connectivity index (χ1v) is 10.8. The summed E-state index contributed by atoms with van der Waals surface area (Å²) >= 11 is 1.52. The molecule has 7 nitrogen and oxygen atoms in total. The fourth-order valence-electron chi connectivity index (χ4n) is 3.24. The van der Waals surface area contributed by atoms with Crippen molar-refractivity contribution in [3.05, 3.63) is 47.6 Å². The third kappa shape index (κ3) is 6.32. The summed E-state index contributed by atoms with van der Waals surface area (Å²) in [4.78, 5) is 21.6. The van der Waals surface area contributed by atoms with E-state index in [9.17, 15) is 4.79 Å². The monoisotopic (exact) mass is 404 g/mol. The maximum atomic E-state index is 13.0. The Morgan fingerprint density at radius 2 is 2.04 bits per heavy atom. The number of morpholine rings is 1. The van der Waals surface area contributed by atoms with Crippen LogP contribution in [0.2, 0.25) is 0 Å². The first-order chi connectivity index (χ1) is 13.6. The maximum Gasteiger partial charge on any atom is 0.233 e. The second-order valence-electron chi connectivity index (χ2n) is 6.99. The van der Waals surface area contributed by atoms with Crippen molar-refractivity contribution in [3.63, 3.8) is 0 Å². The van der Waals surface area contributed by atoms with E-state index in [1.54, 1.807) is 6.92 Å². The van der Waals surface area contributed by atoms with E-state index in [-0.39, 0.29) is 11.9 Å². The Balaban J connectivity index is 1.59. The molecular weight excluding hydrogens is 376 g/mol. The summed E-state index contributed by atoms with van der Waals surface area (Å²) < 4.78 is 10.4. The molecule has 152 valence electrons. The van der Waals surface area contributed by atoms with Crippen LogP contribution in [0.15, 0.2) is 34.9 Å². The van der Waals surface area contributed by atoms with Gasteiger partial charge < -0.3 is 14.2 Å². The average molecular weight is 405 g/mol. The van der Waals surface area contributed by atoms with E-state index in [1.165, 1.54) is 11.8 Å². The summed E-state index contributed by atoms with van der Waals surface area (Å²) in [5.74, 6) is 2.28. The van der Waals surface area contributed by atoms with Gasteiger partial charge in [-0.3, -0.25) is 9.69 Å². The lowest BCUT2D eigenvalue weighted by atomic mass is 10.1. The van der Waals surface area contributed by atoms with Crippen LogP contribution >= 0.6 is 11.8 Å². The molecule has 1 aromatic heterocycles. The van der Waals surface area contributed by atoms with E-state index < -0.39 is 0 Å². The standard InChI is InChI=1S/C20H28N4O3S/c1-16(12-23-8-10-26-11-9-23)24(13-18-6-4-3-5-7-18)20(25)15-28-14-19-21-17(2)27-22-19/h3-7,16H,8-15H2,1-2H3. The molecule has 0 aliphatic carbocycles. The number of hydrogen-bond acceptors (Lipinski definition) is 7. The van der Waals surface area contributed by atoms with Gasteiger partial charge in [0.1, 0.15) is 0 Å². The number of aryl methyl sites for hydroxylation is 1. The van der Waals surface area contributed by atoms with Crippen LogP contribution in [0.3, 0.4) is 0 Å². The molecular formula is C20H28N4O3S. The van der Waals surface area contributed by atoms with Crippen LogP contribution in [0, 0.1) is 6.92 Å². The van der Waals surface area contributed by atoms with Crippen molar-refractivity contribution in [2.45, 2.75) is 32.2 Å². The van der Waals surface area contributed by atoms with Crippen LogP contribution in [-0.2, 0) is 21.8 Å². The minimum Gasteiger partial charge on any atom is -0.379 e. The highest BCUT2D eigenvalue weighted by Crippen LogP contribution is 2.15. The highest BCUT2D eigenvalue weighted by molar-refractivity contribution is 7.99. The van der Waals surface area contributed by atoms with Gasteiger partial charge in [0.2, 0.25) is 11.8 Å². The van der Waals surface area contributed by atoms with Crippen molar-refractivity contribution in [2.24, 2.45) is 0 Å². The summed E-state index contributed by atoms with van der Waals surface area (Å²) in [7, 11) is 0. The van der Waals surface area contributed by atoms with Crippen molar-refractivity contribution < 1.29 is 14.1 Å². The molecule has 2 aromatic rings. The van der Waals surface area contributed by atoms with Crippen LogP contribution in [0.4, 0.5) is 0 Å². The summed E-state index contributed by atoms with van der Waals surface area (Å²) in [6, 6.07) is 10.3. The molecule has 1 aromatic carbocycles. The van der Waals surface area contributed by atoms with Gasteiger partial charge in [-0.25, -0.2) is 0 Å². The van der Waals surface area contributed by atoms with Crippen LogP contribution in [0.5, 0.6) is 0 Å². The van der Waals surface area contributed by atoms with Crippen molar-refractivity contribution in [3.8, 4) is 0 Å². The molecule has 0 bridgehead atoms. The number of hydrogen-bond donors (Lipinski definition) is 0. The first-order valence-electron chi connectivity index (χ1n) is 9.62. The van der Waals surface area contributed by atoms with Gasteiger partial charge in [0.05, 0.1) is 24.7 Å². The Morgan fingerprint density at radius 1 is 1.29 bits per heavy atom. The number of amides is 1. The summed E-state index contributed by atoms with van der Waals surface area (Å²) in [5.41, 5.74) is 1.14. The van der Waals surface area contributed by atoms with E-state index in [1.807, 2.05) is 23.1 Å². The molecule has 28 heavy (non-hydrogen) atoms. The summed E-state index contributed by atoms with van der Waals surface area (Å²) in [5, 5.41) is 3.89. The highest BCUT2D eigenvalue weighted by Gasteiger charge is 2.23. The van der Waals surface area contributed by atoms with E-state index in [0.29, 0.717) is 29.8 Å². The zero-order valence-electron chi connectivity index (χ0n) is 16.5. The van der Waals surface area contributed by atoms with Gasteiger partial charge >= 0.3 is 0 Å². The number of thioether (sulfide) groups is 1. The molecule has 2 heterocycles. The van der Waals surface area contributed by atoms with Gasteiger partial charge in [-0.15, -0.1) is 11.8 Å². The van der Waals surface area contributed by atoms with Crippen LogP contribution < -0.4 is 0 Å². The highest BCUT2D eigenvalue weighted by atomic mass is 32.2. The van der Waals surface area contributed by atoms with Gasteiger partial charge in [0.15, 0.2) is 5.82 Å². The Labute approximate surface area is 170 Å². The Bertz CT molecular complexity index is 734. The predicted molar refractivity (Wildman–Crippen MR) is 109 cm³/mol. The normalized spacial score (nSPS) is 16.1. The second kappa shape index (κ2) is 10.6. The molecule has 1 fully saturated rings. The number of benzene rings is 1. The van der Waals surface area contributed by atoms with Crippen molar-refractivity contribution in [1.82, 2.24) is 19.9 Å². The van der Waals surface area contributed by atoms with Crippen LogP contribution in [0.25, 0.3) is 0 Å². The van der Waals surface area contributed by atoms with E-state index in [0.717, 1.165) is 38.4 Å². The number of ether oxygens (including phenoxy) is 1. The van der Waals surface area contributed by atoms with E-state index >= 15 is 0 Å². The number of carbonyl (C=O) groups excluding carboxylic acids is 1. The fourth-order valence-corrected chi connectivity index (χ4v) is 3.98. The molecule has 0 N–H and O–H groups in total. The first kappa shape index (κ1) is 20.8. The van der Waals surface area contributed by atoms with E-state index in [4.69, 9.17) is 9.26 Å². The Kier molecular flexibility index (Phi) is 7.88.